The summed E-state index contributed by atoms with van der Waals surface area (Å²) >= 11 is 0. The van der Waals surface area contributed by atoms with Gasteiger partial charge in [0.2, 0.25) is 5.82 Å². The van der Waals surface area contributed by atoms with Crippen LogP contribution in [-0.2, 0) is 0 Å². The molecule has 100 valence electrons. The number of phenols is 1. The number of aryl methyl sites for hydroxylation is 1. The number of anilines is 1. The Morgan fingerprint density at radius 3 is 2.45 bits per heavy atom. The van der Waals surface area contributed by atoms with Gasteiger partial charge in [0.15, 0.2) is 0 Å². The van der Waals surface area contributed by atoms with Crippen LogP contribution in [0.2, 0.25) is 0 Å². The van der Waals surface area contributed by atoms with E-state index >= 15 is 0 Å². The maximum atomic E-state index is 9.60. The second-order valence-electron chi connectivity index (χ2n) is 4.56. The van der Waals surface area contributed by atoms with Crippen LogP contribution < -0.4 is 5.73 Å². The zero-order valence-electron chi connectivity index (χ0n) is 10.9. The van der Waals surface area contributed by atoms with E-state index in [1.54, 1.807) is 12.1 Å². The maximum absolute atomic E-state index is 9.60. The zero-order chi connectivity index (χ0) is 14.1. The number of aromatic hydroxyl groups is 1. The van der Waals surface area contributed by atoms with Crippen LogP contribution in [0.1, 0.15) is 5.56 Å². The Balaban J connectivity index is 1.97. The maximum Gasteiger partial charge on any atom is 0.258 e. The van der Waals surface area contributed by atoms with Gasteiger partial charge in [0.1, 0.15) is 5.75 Å². The largest absolute Gasteiger partial charge is 0.506 e. The number of nitrogen functional groups attached to an aromatic ring is 1. The van der Waals surface area contributed by atoms with Crippen LogP contribution in [0.4, 0.5) is 5.69 Å². The minimum Gasteiger partial charge on any atom is -0.506 e. The minimum atomic E-state index is -0.00224. The van der Waals surface area contributed by atoms with Crippen molar-refractivity contribution in [3.05, 3.63) is 48.0 Å². The Morgan fingerprint density at radius 2 is 1.75 bits per heavy atom. The first-order valence-electron chi connectivity index (χ1n) is 6.13. The second kappa shape index (κ2) is 4.70. The van der Waals surface area contributed by atoms with E-state index in [9.17, 15) is 5.11 Å². The molecule has 1 aromatic heterocycles. The van der Waals surface area contributed by atoms with Crippen molar-refractivity contribution >= 4 is 5.69 Å². The number of hydrogen-bond acceptors (Lipinski definition) is 5. The highest BCUT2D eigenvalue weighted by Gasteiger charge is 2.11. The minimum absolute atomic E-state index is 0.00224. The van der Waals surface area contributed by atoms with E-state index in [4.69, 9.17) is 10.3 Å². The van der Waals surface area contributed by atoms with Gasteiger partial charge in [-0.3, -0.25) is 0 Å². The highest BCUT2D eigenvalue weighted by molar-refractivity contribution is 5.65. The lowest BCUT2D eigenvalue weighted by Gasteiger charge is -1.99. The van der Waals surface area contributed by atoms with Gasteiger partial charge in [-0.15, -0.1) is 0 Å². The van der Waals surface area contributed by atoms with Crippen LogP contribution in [0.5, 0.6) is 5.75 Å². The fraction of sp³-hybridized carbons (Fsp3) is 0.0667. The molecule has 0 radical (unpaired) electrons. The van der Waals surface area contributed by atoms with Crippen LogP contribution >= 0.6 is 0 Å². The summed E-state index contributed by atoms with van der Waals surface area (Å²) in [6.07, 6.45) is 0. The van der Waals surface area contributed by atoms with Crippen molar-refractivity contribution in [3.63, 3.8) is 0 Å². The molecular formula is C15H13N3O2. The average Bonchev–Trinajstić information content (AvgIpc) is 2.92. The summed E-state index contributed by atoms with van der Waals surface area (Å²) in [5.74, 6) is 0.852. The molecule has 0 aliphatic carbocycles. The fourth-order valence-corrected chi connectivity index (χ4v) is 1.84. The van der Waals surface area contributed by atoms with E-state index in [1.165, 1.54) is 11.6 Å². The molecule has 0 amide bonds. The zero-order valence-corrected chi connectivity index (χ0v) is 10.9. The Kier molecular flexibility index (Phi) is 2.87. The number of hydrogen-bond donors (Lipinski definition) is 2. The molecule has 0 aliphatic heterocycles. The summed E-state index contributed by atoms with van der Waals surface area (Å²) in [5.41, 5.74) is 8.55. The number of benzene rings is 2. The van der Waals surface area contributed by atoms with Gasteiger partial charge in [-0.05, 0) is 25.1 Å². The molecule has 5 nitrogen and oxygen atoms in total. The van der Waals surface area contributed by atoms with Gasteiger partial charge in [-0.2, -0.15) is 4.98 Å². The molecule has 0 spiro atoms. The van der Waals surface area contributed by atoms with E-state index in [1.807, 2.05) is 31.2 Å². The van der Waals surface area contributed by atoms with E-state index < -0.39 is 0 Å². The first-order valence-corrected chi connectivity index (χ1v) is 6.13. The van der Waals surface area contributed by atoms with E-state index in [-0.39, 0.29) is 5.75 Å². The topological polar surface area (TPSA) is 85.2 Å². The lowest BCUT2D eigenvalue weighted by atomic mass is 10.1. The molecule has 0 bridgehead atoms. The number of nitrogens with zero attached hydrogens (tertiary/aromatic N) is 2. The van der Waals surface area contributed by atoms with Crippen LogP contribution in [-0.4, -0.2) is 15.2 Å². The van der Waals surface area contributed by atoms with Crippen molar-refractivity contribution < 1.29 is 9.63 Å². The monoisotopic (exact) mass is 267 g/mol. The molecule has 5 heteroatoms. The summed E-state index contributed by atoms with van der Waals surface area (Å²) in [7, 11) is 0. The van der Waals surface area contributed by atoms with E-state index in [0.717, 1.165) is 5.56 Å². The molecule has 0 atom stereocenters. The molecule has 1 heterocycles. The van der Waals surface area contributed by atoms with Crippen molar-refractivity contribution in [2.24, 2.45) is 0 Å². The Morgan fingerprint density at radius 1 is 1.05 bits per heavy atom. The Bertz CT molecular complexity index is 748. The number of phenolic OH excluding ortho intramolecular Hbond substituents is 1. The van der Waals surface area contributed by atoms with Crippen molar-refractivity contribution in [1.29, 1.82) is 0 Å². The van der Waals surface area contributed by atoms with Crippen molar-refractivity contribution in [2.75, 3.05) is 5.73 Å². The molecule has 2 aromatic carbocycles. The van der Waals surface area contributed by atoms with Gasteiger partial charge in [0, 0.05) is 11.1 Å². The van der Waals surface area contributed by atoms with Gasteiger partial charge in [-0.1, -0.05) is 35.0 Å². The quantitative estimate of drug-likeness (QED) is 0.550. The summed E-state index contributed by atoms with van der Waals surface area (Å²) in [4.78, 5) is 4.32. The van der Waals surface area contributed by atoms with Crippen molar-refractivity contribution in [1.82, 2.24) is 10.1 Å². The van der Waals surface area contributed by atoms with E-state index in [2.05, 4.69) is 10.1 Å². The van der Waals surface area contributed by atoms with Crippen molar-refractivity contribution in [2.45, 2.75) is 6.92 Å². The Labute approximate surface area is 115 Å². The van der Waals surface area contributed by atoms with Crippen LogP contribution in [0, 0.1) is 6.92 Å². The summed E-state index contributed by atoms with van der Waals surface area (Å²) in [6.45, 7) is 2.02. The van der Waals surface area contributed by atoms with Gasteiger partial charge in [0.05, 0.1) is 5.69 Å². The molecule has 20 heavy (non-hydrogen) atoms. The lowest BCUT2D eigenvalue weighted by molar-refractivity contribution is 0.431. The highest BCUT2D eigenvalue weighted by atomic mass is 16.5. The van der Waals surface area contributed by atoms with Gasteiger partial charge < -0.3 is 15.4 Å². The third-order valence-electron chi connectivity index (χ3n) is 3.01. The first-order chi connectivity index (χ1) is 9.63. The number of rotatable bonds is 2. The first kappa shape index (κ1) is 12.2. The van der Waals surface area contributed by atoms with Gasteiger partial charge in [-0.25, -0.2) is 0 Å². The second-order valence-corrected chi connectivity index (χ2v) is 4.56. The molecule has 3 aromatic rings. The van der Waals surface area contributed by atoms with E-state index in [0.29, 0.717) is 23.0 Å². The molecule has 3 N–H and O–H groups in total. The Hall–Kier alpha value is -2.82. The predicted molar refractivity (Wildman–Crippen MR) is 76.0 cm³/mol. The van der Waals surface area contributed by atoms with Crippen LogP contribution in [0.3, 0.4) is 0 Å². The molecule has 0 unspecified atom stereocenters. The SMILES string of the molecule is Cc1ccc(-c2noc(-c3ccc(N)c(O)c3)n2)cc1. The molecule has 0 saturated heterocycles. The molecule has 0 saturated carbocycles. The molecule has 3 rings (SSSR count). The van der Waals surface area contributed by atoms with Crippen LogP contribution in [0.25, 0.3) is 22.8 Å². The summed E-state index contributed by atoms with van der Waals surface area (Å²) in [5, 5.41) is 13.5. The summed E-state index contributed by atoms with van der Waals surface area (Å²) < 4.78 is 5.22. The fourth-order valence-electron chi connectivity index (χ4n) is 1.84. The van der Waals surface area contributed by atoms with Gasteiger partial charge in [0.25, 0.3) is 5.89 Å². The van der Waals surface area contributed by atoms with Crippen LogP contribution in [0.15, 0.2) is 47.0 Å². The smallest absolute Gasteiger partial charge is 0.258 e. The molecule has 0 aliphatic rings. The number of aromatic nitrogens is 2. The summed E-state index contributed by atoms with van der Waals surface area (Å²) in [6, 6.07) is 12.7. The average molecular weight is 267 g/mol. The number of nitrogens with two attached hydrogens (primary N) is 1. The highest BCUT2D eigenvalue weighted by Crippen LogP contribution is 2.28. The van der Waals surface area contributed by atoms with Crippen molar-refractivity contribution in [3.8, 4) is 28.6 Å². The predicted octanol–water partition coefficient (Wildman–Crippen LogP) is 3.00. The standard InChI is InChI=1S/C15H13N3O2/c1-9-2-4-10(5-3-9)14-17-15(20-18-14)11-6-7-12(16)13(19)8-11/h2-8,19H,16H2,1H3. The molecule has 0 fully saturated rings. The van der Waals surface area contributed by atoms with Gasteiger partial charge >= 0.3 is 0 Å². The lowest BCUT2D eigenvalue weighted by Crippen LogP contribution is -1.86. The third-order valence-corrected chi connectivity index (χ3v) is 3.01. The third kappa shape index (κ3) is 2.21. The normalized spacial score (nSPS) is 10.7. The molecular weight excluding hydrogens is 254 g/mol.